The molecule has 1 aliphatic heterocycles. The van der Waals surface area contributed by atoms with E-state index in [1.165, 1.54) is 89.9 Å². The van der Waals surface area contributed by atoms with Gasteiger partial charge < -0.3 is 40.3 Å². The van der Waals surface area contributed by atoms with Crippen LogP contribution < -0.4 is 5.32 Å². The van der Waals surface area contributed by atoms with Crippen molar-refractivity contribution in [2.24, 2.45) is 0 Å². The Morgan fingerprint density at radius 2 is 1.30 bits per heavy atom. The molecule has 0 bridgehead atoms. The zero-order valence-electron chi connectivity index (χ0n) is 29.3. The summed E-state index contributed by atoms with van der Waals surface area (Å²) in [5.41, 5.74) is 0. The third kappa shape index (κ3) is 21.0. The second-order valence-corrected chi connectivity index (χ2v) is 13.4. The average molecular weight is 658 g/mol. The van der Waals surface area contributed by atoms with Crippen molar-refractivity contribution in [3.63, 3.8) is 0 Å². The van der Waals surface area contributed by atoms with Gasteiger partial charge in [-0.3, -0.25) is 4.79 Å². The van der Waals surface area contributed by atoms with E-state index in [1.807, 2.05) is 6.08 Å². The van der Waals surface area contributed by atoms with Crippen molar-refractivity contribution in [2.75, 3.05) is 13.2 Å². The fraction of sp³-hybridized carbons (Fsp3) is 0.919. The Kier molecular flexibility index (Phi) is 27.0. The van der Waals surface area contributed by atoms with E-state index in [2.05, 4.69) is 25.2 Å². The molecule has 9 nitrogen and oxygen atoms in total. The third-order valence-electron chi connectivity index (χ3n) is 9.09. The highest BCUT2D eigenvalue weighted by molar-refractivity contribution is 5.76. The lowest BCUT2D eigenvalue weighted by molar-refractivity contribution is -0.273. The van der Waals surface area contributed by atoms with Crippen LogP contribution in [0.2, 0.25) is 0 Å². The van der Waals surface area contributed by atoms with Crippen molar-refractivity contribution < 1.29 is 39.8 Å². The SMILES string of the molecule is CCCCCCCC/C=C\CCC(=O)N[C@@H](COC1OC(CO)C(O)CC1O)[C@H](O)[C@H](O)CCCCCCCCCCCCCC. The molecule has 1 heterocycles. The normalized spacial score (nSPS) is 22.2. The number of ether oxygens (including phenoxy) is 2. The molecule has 1 amide bonds. The zero-order chi connectivity index (χ0) is 33.8. The minimum absolute atomic E-state index is 0.0257. The van der Waals surface area contributed by atoms with E-state index in [4.69, 9.17) is 9.47 Å². The number of carbonyl (C=O) groups is 1. The van der Waals surface area contributed by atoms with Crippen LogP contribution in [0.15, 0.2) is 12.2 Å². The van der Waals surface area contributed by atoms with Gasteiger partial charge in [-0.05, 0) is 25.7 Å². The number of hydrogen-bond acceptors (Lipinski definition) is 8. The van der Waals surface area contributed by atoms with Crippen LogP contribution in [0.1, 0.15) is 162 Å². The topological polar surface area (TPSA) is 149 Å². The number of amides is 1. The van der Waals surface area contributed by atoms with E-state index in [0.29, 0.717) is 12.8 Å². The van der Waals surface area contributed by atoms with Gasteiger partial charge in [0.1, 0.15) is 18.3 Å². The van der Waals surface area contributed by atoms with Crippen LogP contribution >= 0.6 is 0 Å². The van der Waals surface area contributed by atoms with Gasteiger partial charge in [0.15, 0.2) is 6.29 Å². The van der Waals surface area contributed by atoms with E-state index in [-0.39, 0.29) is 25.4 Å². The first-order valence-electron chi connectivity index (χ1n) is 18.9. The Morgan fingerprint density at radius 3 is 1.87 bits per heavy atom. The van der Waals surface area contributed by atoms with Crippen LogP contribution in [0.25, 0.3) is 0 Å². The van der Waals surface area contributed by atoms with Gasteiger partial charge in [-0.2, -0.15) is 0 Å². The number of rotatable bonds is 30. The van der Waals surface area contributed by atoms with Gasteiger partial charge >= 0.3 is 0 Å². The summed E-state index contributed by atoms with van der Waals surface area (Å²) in [6.45, 7) is 3.82. The average Bonchev–Trinajstić information content (AvgIpc) is 3.04. The standard InChI is InChI=1S/C37H71NO8/c1-3-5-7-9-11-13-15-16-17-19-21-23-25-31(40)36(44)30(29-45-37-33(42)27-32(41)34(28-39)46-37)38-35(43)26-24-22-20-18-14-12-10-8-6-4-2/h20,22,30-34,36-37,39-42,44H,3-19,21,23-29H2,1-2H3,(H,38,43)/b22-20-/t30-,31+,32?,33?,34?,36-,37?/m0/s1. The molecule has 0 aromatic rings. The number of aliphatic hydroxyl groups is 5. The number of unbranched alkanes of at least 4 members (excludes halogenated alkanes) is 17. The molecule has 0 aliphatic carbocycles. The molecule has 1 fully saturated rings. The molecule has 0 aromatic heterocycles. The van der Waals surface area contributed by atoms with Crippen molar-refractivity contribution in [2.45, 2.75) is 204 Å². The predicted octanol–water partition coefficient (Wildman–Crippen LogP) is 6.22. The Balaban J connectivity index is 2.49. The second kappa shape index (κ2) is 28.9. The van der Waals surface area contributed by atoms with Gasteiger partial charge in [0.25, 0.3) is 0 Å². The molecule has 7 atom stereocenters. The number of nitrogens with one attached hydrogen (secondary N) is 1. The van der Waals surface area contributed by atoms with E-state index in [1.54, 1.807) is 0 Å². The lowest BCUT2D eigenvalue weighted by Gasteiger charge is -2.37. The highest BCUT2D eigenvalue weighted by Gasteiger charge is 2.38. The Bertz CT molecular complexity index is 738. The fourth-order valence-corrected chi connectivity index (χ4v) is 6.01. The molecule has 46 heavy (non-hydrogen) atoms. The molecular weight excluding hydrogens is 586 g/mol. The number of aliphatic hydroxyl groups excluding tert-OH is 5. The van der Waals surface area contributed by atoms with Crippen LogP contribution in [0.5, 0.6) is 0 Å². The van der Waals surface area contributed by atoms with Crippen LogP contribution in [0.3, 0.4) is 0 Å². The van der Waals surface area contributed by atoms with Gasteiger partial charge in [-0.25, -0.2) is 0 Å². The van der Waals surface area contributed by atoms with Crippen molar-refractivity contribution in [1.29, 1.82) is 0 Å². The summed E-state index contributed by atoms with van der Waals surface area (Å²) in [5.74, 6) is -0.261. The first kappa shape index (κ1) is 43.0. The summed E-state index contributed by atoms with van der Waals surface area (Å²) in [4.78, 5) is 12.8. The van der Waals surface area contributed by atoms with E-state index >= 15 is 0 Å². The van der Waals surface area contributed by atoms with E-state index in [9.17, 15) is 30.3 Å². The summed E-state index contributed by atoms with van der Waals surface area (Å²) in [5, 5.41) is 54.5. The Morgan fingerprint density at radius 1 is 0.783 bits per heavy atom. The second-order valence-electron chi connectivity index (χ2n) is 13.4. The first-order chi connectivity index (χ1) is 22.3. The maximum atomic E-state index is 12.8. The van der Waals surface area contributed by atoms with Gasteiger partial charge in [0, 0.05) is 12.8 Å². The summed E-state index contributed by atoms with van der Waals surface area (Å²) in [6, 6.07) is -0.915. The molecule has 0 saturated carbocycles. The van der Waals surface area contributed by atoms with Crippen LogP contribution in [0, 0.1) is 0 Å². The summed E-state index contributed by atoms with van der Waals surface area (Å²) >= 11 is 0. The van der Waals surface area contributed by atoms with E-state index in [0.717, 1.165) is 32.1 Å². The van der Waals surface area contributed by atoms with Gasteiger partial charge in [0.05, 0.1) is 31.5 Å². The molecule has 1 saturated heterocycles. The Labute approximate surface area is 280 Å². The molecular formula is C37H71NO8. The summed E-state index contributed by atoms with van der Waals surface area (Å²) in [7, 11) is 0. The lowest BCUT2D eigenvalue weighted by Crippen LogP contribution is -2.54. The van der Waals surface area contributed by atoms with Gasteiger partial charge in [0.2, 0.25) is 5.91 Å². The molecule has 0 spiro atoms. The summed E-state index contributed by atoms with van der Waals surface area (Å²) < 4.78 is 11.2. The molecule has 272 valence electrons. The van der Waals surface area contributed by atoms with E-state index < -0.39 is 49.5 Å². The number of carbonyl (C=O) groups excluding carboxylic acids is 1. The highest BCUT2D eigenvalue weighted by atomic mass is 16.7. The molecule has 0 aromatic carbocycles. The maximum absolute atomic E-state index is 12.8. The predicted molar refractivity (Wildman–Crippen MR) is 184 cm³/mol. The monoisotopic (exact) mass is 658 g/mol. The van der Waals surface area contributed by atoms with Gasteiger partial charge in [-0.15, -0.1) is 0 Å². The number of hydrogen-bond donors (Lipinski definition) is 6. The molecule has 1 aliphatic rings. The summed E-state index contributed by atoms with van der Waals surface area (Å²) in [6.07, 6.45) is 21.8. The van der Waals surface area contributed by atoms with Crippen molar-refractivity contribution in [3.8, 4) is 0 Å². The van der Waals surface area contributed by atoms with Crippen molar-refractivity contribution in [1.82, 2.24) is 5.32 Å². The molecule has 1 rings (SSSR count). The minimum atomic E-state index is -1.26. The molecule has 0 radical (unpaired) electrons. The largest absolute Gasteiger partial charge is 0.394 e. The van der Waals surface area contributed by atoms with Crippen molar-refractivity contribution >= 4 is 5.91 Å². The molecule has 9 heteroatoms. The van der Waals surface area contributed by atoms with Crippen LogP contribution in [-0.4, -0.2) is 87.5 Å². The quantitative estimate of drug-likeness (QED) is 0.0394. The van der Waals surface area contributed by atoms with Crippen LogP contribution in [-0.2, 0) is 14.3 Å². The third-order valence-corrected chi connectivity index (χ3v) is 9.09. The lowest BCUT2D eigenvalue weighted by atomic mass is 9.99. The molecule has 6 N–H and O–H groups in total. The maximum Gasteiger partial charge on any atom is 0.220 e. The minimum Gasteiger partial charge on any atom is -0.394 e. The number of allylic oxidation sites excluding steroid dienone is 2. The van der Waals surface area contributed by atoms with Gasteiger partial charge in [-0.1, -0.05) is 135 Å². The first-order valence-corrected chi connectivity index (χ1v) is 18.9. The van der Waals surface area contributed by atoms with Crippen molar-refractivity contribution in [3.05, 3.63) is 12.2 Å². The molecule has 4 unspecified atom stereocenters. The Hall–Kier alpha value is -1.07. The van der Waals surface area contributed by atoms with Crippen LogP contribution in [0.4, 0.5) is 0 Å². The zero-order valence-corrected chi connectivity index (χ0v) is 29.3. The fourth-order valence-electron chi connectivity index (χ4n) is 6.01. The highest BCUT2D eigenvalue weighted by Crippen LogP contribution is 2.22. The smallest absolute Gasteiger partial charge is 0.220 e.